The summed E-state index contributed by atoms with van der Waals surface area (Å²) < 4.78 is 12.9. The average Bonchev–Trinajstić information content (AvgIpc) is 2.06. The number of amides is 1. The Morgan fingerprint density at radius 2 is 2.25 bits per heavy atom. The molecule has 0 aliphatic carbocycles. The monoisotopic (exact) mass is 191 g/mol. The largest absolute Gasteiger partial charge is 0.793 e. The molecule has 1 amide bonds. The van der Waals surface area contributed by atoms with Crippen molar-refractivity contribution in [3.8, 4) is 0 Å². The zero-order chi connectivity index (χ0) is 9.35. The van der Waals surface area contributed by atoms with Crippen LogP contribution < -0.4 is 15.1 Å². The summed E-state index contributed by atoms with van der Waals surface area (Å²) >= 11 is 0. The molecule has 0 radical (unpaired) electrons. The summed E-state index contributed by atoms with van der Waals surface area (Å²) in [6.07, 6.45) is 0. The fourth-order valence-corrected chi connectivity index (χ4v) is 1.20. The van der Waals surface area contributed by atoms with E-state index >= 15 is 0 Å². The molecule has 1 N–H and O–H groups in total. The van der Waals surface area contributed by atoms with Gasteiger partial charge in [-0.05, 0) is 0 Å². The molecule has 0 aromatic carbocycles. The fourth-order valence-electron chi connectivity index (χ4n) is 0.767. The topological polar surface area (TPSA) is 108 Å². The lowest BCUT2D eigenvalue weighted by Crippen LogP contribution is -2.28. The second-order valence-corrected chi connectivity index (χ2v) is 3.43. The van der Waals surface area contributed by atoms with Gasteiger partial charge in [0.2, 0.25) is 11.9 Å². The zero-order valence-electron chi connectivity index (χ0n) is 6.18. The molecule has 1 heterocycles. The molecule has 7 nitrogen and oxygen atoms in total. The highest BCUT2D eigenvalue weighted by Crippen LogP contribution is 2.25. The van der Waals surface area contributed by atoms with Gasteiger partial charge in [0.15, 0.2) is 0 Å². The first-order chi connectivity index (χ1) is 5.38. The first kappa shape index (κ1) is 9.18. The third-order valence-corrected chi connectivity index (χ3v) is 1.65. The Morgan fingerprint density at radius 1 is 1.67 bits per heavy atom. The van der Waals surface area contributed by atoms with Gasteiger partial charge in [-0.3, -0.25) is 10.1 Å². The van der Waals surface area contributed by atoms with Gasteiger partial charge in [-0.25, -0.2) is 4.76 Å². The lowest BCUT2D eigenvalue weighted by atomic mass is 10.6. The van der Waals surface area contributed by atoms with E-state index in [1.54, 1.807) is 0 Å². The Bertz CT molecular complexity index is 282. The fraction of sp³-hybridized carbons (Fsp3) is 0.500. The molecule has 0 atom stereocenters. The summed E-state index contributed by atoms with van der Waals surface area (Å²) in [7, 11) is -3.50. The van der Waals surface area contributed by atoms with Crippen molar-refractivity contribution >= 4 is 19.6 Å². The molecule has 0 aromatic heterocycles. The molecule has 1 rings (SSSR count). The molecule has 0 unspecified atom stereocenters. The molecule has 0 spiro atoms. The van der Waals surface area contributed by atoms with Crippen molar-refractivity contribution in [2.24, 2.45) is 4.76 Å². The summed E-state index contributed by atoms with van der Waals surface area (Å²) in [5.41, 5.74) is 0. The number of nitrogens with one attached hydrogen (secondary N) is 1. The third-order valence-electron chi connectivity index (χ3n) is 1.21. The molecule has 12 heavy (non-hydrogen) atoms. The van der Waals surface area contributed by atoms with Crippen molar-refractivity contribution in [1.82, 2.24) is 10.2 Å². The van der Waals surface area contributed by atoms with Crippen LogP contribution in [0, 0.1) is 0 Å². The molecule has 1 fully saturated rings. The van der Waals surface area contributed by atoms with Crippen LogP contribution in [0.3, 0.4) is 0 Å². The standard InChI is InChI=1S/C4H8N3O4P/c1-7-2-3(8)5-4(7)6-12(9,10)11/h2H2,1H3,(H3,5,6,8,9,10,11)/p-2. The molecule has 1 saturated heterocycles. The smallest absolute Gasteiger partial charge is 0.246 e. The van der Waals surface area contributed by atoms with Gasteiger partial charge in [0.1, 0.15) is 0 Å². The van der Waals surface area contributed by atoms with Gasteiger partial charge in [-0.1, -0.05) is 0 Å². The van der Waals surface area contributed by atoms with Crippen LogP contribution in [0.2, 0.25) is 0 Å². The minimum absolute atomic E-state index is 0.0127. The van der Waals surface area contributed by atoms with Crippen LogP contribution in [0.15, 0.2) is 4.76 Å². The molecular formula is C4H6N3O4P-2. The van der Waals surface area contributed by atoms with Crippen LogP contribution in [0.25, 0.3) is 0 Å². The Hall–Kier alpha value is -0.910. The second-order valence-electron chi connectivity index (χ2n) is 2.30. The quantitative estimate of drug-likeness (QED) is 0.451. The predicted octanol–water partition coefficient (Wildman–Crippen LogP) is -2.77. The molecule has 0 aromatic rings. The van der Waals surface area contributed by atoms with Gasteiger partial charge < -0.3 is 19.3 Å². The highest BCUT2D eigenvalue weighted by Gasteiger charge is 2.20. The molecule has 0 saturated carbocycles. The van der Waals surface area contributed by atoms with Gasteiger partial charge in [0.25, 0.3) is 0 Å². The average molecular weight is 191 g/mol. The summed E-state index contributed by atoms with van der Waals surface area (Å²) in [5, 5.41) is 2.12. The van der Waals surface area contributed by atoms with E-state index in [1.165, 1.54) is 11.9 Å². The molecule has 8 heteroatoms. The van der Waals surface area contributed by atoms with Crippen LogP contribution in [0.4, 0.5) is 0 Å². The van der Waals surface area contributed by atoms with E-state index in [0.29, 0.717) is 0 Å². The highest BCUT2D eigenvalue weighted by molar-refractivity contribution is 7.47. The van der Waals surface area contributed by atoms with E-state index in [1.807, 2.05) is 0 Å². The van der Waals surface area contributed by atoms with Crippen molar-refractivity contribution in [3.05, 3.63) is 0 Å². The highest BCUT2D eigenvalue weighted by atomic mass is 31.2. The van der Waals surface area contributed by atoms with E-state index in [-0.39, 0.29) is 18.4 Å². The molecular weight excluding hydrogens is 185 g/mol. The Labute approximate surface area is 68.3 Å². The summed E-state index contributed by atoms with van der Waals surface area (Å²) in [6, 6.07) is 0. The van der Waals surface area contributed by atoms with Crippen LogP contribution >= 0.6 is 7.75 Å². The summed E-state index contributed by atoms with van der Waals surface area (Å²) in [5.74, 6) is -0.599. The van der Waals surface area contributed by atoms with E-state index in [9.17, 15) is 19.1 Å². The predicted molar refractivity (Wildman–Crippen MR) is 35.8 cm³/mol. The van der Waals surface area contributed by atoms with Crippen LogP contribution in [-0.4, -0.2) is 30.4 Å². The molecule has 0 bridgehead atoms. The van der Waals surface area contributed by atoms with Gasteiger partial charge in [-0.2, -0.15) is 0 Å². The number of carbonyl (C=O) groups excluding carboxylic acids is 1. The molecule has 1 aliphatic rings. The Kier molecular flexibility index (Phi) is 2.18. The number of rotatable bonds is 1. The van der Waals surface area contributed by atoms with Crippen molar-refractivity contribution < 1.29 is 19.1 Å². The second kappa shape index (κ2) is 2.85. The first-order valence-corrected chi connectivity index (χ1v) is 4.51. The van der Waals surface area contributed by atoms with Crippen LogP contribution in [0.5, 0.6) is 0 Å². The van der Waals surface area contributed by atoms with E-state index < -0.39 is 7.75 Å². The number of hydrogen-bond acceptors (Lipinski definition) is 4. The lowest BCUT2D eigenvalue weighted by molar-refractivity contribution is -0.313. The number of nitrogens with zero attached hydrogens (tertiary/aromatic N) is 2. The van der Waals surface area contributed by atoms with Gasteiger partial charge in [0, 0.05) is 7.05 Å². The lowest BCUT2D eigenvalue weighted by Gasteiger charge is -2.25. The molecule has 68 valence electrons. The SMILES string of the molecule is CN1CC(=O)N/C1=N\P(=O)([O-])[O-]. The van der Waals surface area contributed by atoms with Gasteiger partial charge in [0.05, 0.1) is 14.3 Å². The minimum Gasteiger partial charge on any atom is -0.793 e. The van der Waals surface area contributed by atoms with Crippen LogP contribution in [-0.2, 0) is 9.36 Å². The van der Waals surface area contributed by atoms with E-state index in [4.69, 9.17) is 0 Å². The number of likely N-dealkylation sites (N-methyl/N-ethyl adjacent to an activating group) is 1. The maximum atomic E-state index is 10.6. The van der Waals surface area contributed by atoms with Gasteiger partial charge >= 0.3 is 0 Å². The Balaban J connectivity index is 2.84. The maximum absolute atomic E-state index is 10.6. The number of guanidine groups is 1. The summed E-state index contributed by atoms with van der Waals surface area (Å²) in [4.78, 5) is 32.2. The maximum Gasteiger partial charge on any atom is 0.246 e. The van der Waals surface area contributed by atoms with Crippen molar-refractivity contribution in [3.63, 3.8) is 0 Å². The van der Waals surface area contributed by atoms with Crippen LogP contribution in [0.1, 0.15) is 0 Å². The normalized spacial score (nSPS) is 21.8. The number of hydrogen-bond donors (Lipinski definition) is 1. The zero-order valence-corrected chi connectivity index (χ0v) is 7.08. The minimum atomic E-state index is -4.95. The number of carbonyl (C=O) groups is 1. The third kappa shape index (κ3) is 2.30. The Morgan fingerprint density at radius 3 is 2.58 bits per heavy atom. The van der Waals surface area contributed by atoms with Crippen molar-refractivity contribution in [1.29, 1.82) is 0 Å². The van der Waals surface area contributed by atoms with E-state index in [0.717, 1.165) is 0 Å². The van der Waals surface area contributed by atoms with Crippen molar-refractivity contribution in [2.75, 3.05) is 13.6 Å². The first-order valence-electron chi connectivity index (χ1n) is 3.02. The van der Waals surface area contributed by atoms with E-state index in [2.05, 4.69) is 10.1 Å². The van der Waals surface area contributed by atoms with Crippen molar-refractivity contribution in [2.45, 2.75) is 0 Å². The molecule has 1 aliphatic heterocycles. The summed E-state index contributed by atoms with van der Waals surface area (Å²) in [6.45, 7) is 0.0127. The van der Waals surface area contributed by atoms with Gasteiger partial charge in [-0.15, -0.1) is 0 Å².